The second-order valence-corrected chi connectivity index (χ2v) is 5.01. The molecule has 0 atom stereocenters. The summed E-state index contributed by atoms with van der Waals surface area (Å²) in [5.74, 6) is 0.00357. The maximum Gasteiger partial charge on any atom is 0.254 e. The Morgan fingerprint density at radius 3 is 2.50 bits per heavy atom. The molecule has 0 aliphatic carbocycles. The minimum atomic E-state index is 0.00357. The van der Waals surface area contributed by atoms with Crippen LogP contribution in [0.3, 0.4) is 0 Å². The molecule has 1 heterocycles. The molecule has 4 nitrogen and oxygen atoms in total. The Kier molecular flexibility index (Phi) is 4.35. The van der Waals surface area contributed by atoms with Crippen molar-refractivity contribution in [2.24, 2.45) is 0 Å². The maximum atomic E-state index is 12.6. The average Bonchev–Trinajstić information content (AvgIpc) is 2.45. The third-order valence-electron chi connectivity index (χ3n) is 3.12. The van der Waals surface area contributed by atoms with Gasteiger partial charge in [0, 0.05) is 36.2 Å². The van der Waals surface area contributed by atoms with Crippen LogP contribution >= 0.6 is 0 Å². The maximum absolute atomic E-state index is 12.6. The van der Waals surface area contributed by atoms with Gasteiger partial charge >= 0.3 is 0 Å². The van der Waals surface area contributed by atoms with E-state index in [1.54, 1.807) is 36.7 Å². The number of amides is 1. The molecular formula is C16H19N3O. The normalized spacial score (nSPS) is 10.6. The van der Waals surface area contributed by atoms with E-state index >= 15 is 0 Å². The summed E-state index contributed by atoms with van der Waals surface area (Å²) in [6.07, 6.45) is 3.51. The van der Waals surface area contributed by atoms with Gasteiger partial charge in [-0.05, 0) is 49.7 Å². The summed E-state index contributed by atoms with van der Waals surface area (Å²) in [4.78, 5) is 18.5. The monoisotopic (exact) mass is 269 g/mol. The fourth-order valence-corrected chi connectivity index (χ4v) is 1.97. The van der Waals surface area contributed by atoms with Crippen molar-refractivity contribution in [3.05, 3.63) is 59.9 Å². The zero-order valence-electron chi connectivity index (χ0n) is 11.8. The number of anilines is 1. The van der Waals surface area contributed by atoms with Gasteiger partial charge in [0.05, 0.1) is 0 Å². The standard InChI is InChI=1S/C16H19N3O/c1-12(2)19(11-13-4-3-9-18-10-13)16(20)14-5-7-15(17)8-6-14/h3-10,12H,11,17H2,1-2H3. The van der Waals surface area contributed by atoms with E-state index in [2.05, 4.69) is 4.98 Å². The first kappa shape index (κ1) is 14.1. The largest absolute Gasteiger partial charge is 0.399 e. The van der Waals surface area contributed by atoms with E-state index in [9.17, 15) is 4.79 Å². The minimum absolute atomic E-state index is 0.00357. The first-order valence-electron chi connectivity index (χ1n) is 6.63. The van der Waals surface area contributed by atoms with Gasteiger partial charge in [-0.1, -0.05) is 6.07 Å². The summed E-state index contributed by atoms with van der Waals surface area (Å²) in [6.45, 7) is 4.56. The first-order valence-corrected chi connectivity index (χ1v) is 6.63. The van der Waals surface area contributed by atoms with E-state index in [0.29, 0.717) is 17.8 Å². The number of hydrogen-bond acceptors (Lipinski definition) is 3. The molecule has 1 aromatic heterocycles. The molecule has 0 radical (unpaired) electrons. The average molecular weight is 269 g/mol. The lowest BCUT2D eigenvalue weighted by Crippen LogP contribution is -2.36. The van der Waals surface area contributed by atoms with Crippen molar-refractivity contribution in [3.8, 4) is 0 Å². The van der Waals surface area contributed by atoms with Gasteiger partial charge in [0.1, 0.15) is 0 Å². The SMILES string of the molecule is CC(C)N(Cc1cccnc1)C(=O)c1ccc(N)cc1. The first-order chi connectivity index (χ1) is 9.58. The molecule has 0 aliphatic rings. The fourth-order valence-electron chi connectivity index (χ4n) is 1.97. The highest BCUT2D eigenvalue weighted by Crippen LogP contribution is 2.14. The predicted octanol–water partition coefficient (Wildman–Crippen LogP) is 2.71. The van der Waals surface area contributed by atoms with Crippen LogP contribution in [0.25, 0.3) is 0 Å². The van der Waals surface area contributed by atoms with E-state index in [1.165, 1.54) is 0 Å². The van der Waals surface area contributed by atoms with Crippen molar-refractivity contribution in [2.75, 3.05) is 5.73 Å². The second kappa shape index (κ2) is 6.19. The summed E-state index contributed by atoms with van der Waals surface area (Å²) >= 11 is 0. The van der Waals surface area contributed by atoms with Crippen LogP contribution in [0.15, 0.2) is 48.8 Å². The molecule has 20 heavy (non-hydrogen) atoms. The number of benzene rings is 1. The zero-order valence-corrected chi connectivity index (χ0v) is 11.8. The Hall–Kier alpha value is -2.36. The lowest BCUT2D eigenvalue weighted by Gasteiger charge is -2.27. The number of carbonyl (C=O) groups is 1. The Morgan fingerprint density at radius 1 is 1.25 bits per heavy atom. The molecule has 0 saturated carbocycles. The lowest BCUT2D eigenvalue weighted by molar-refractivity contribution is 0.0690. The van der Waals surface area contributed by atoms with Crippen LogP contribution in [0.5, 0.6) is 0 Å². The minimum Gasteiger partial charge on any atom is -0.399 e. The van der Waals surface area contributed by atoms with Gasteiger partial charge in [-0.2, -0.15) is 0 Å². The Bertz CT molecular complexity index is 564. The number of nitrogens with zero attached hydrogens (tertiary/aromatic N) is 2. The topological polar surface area (TPSA) is 59.2 Å². The van der Waals surface area contributed by atoms with Crippen LogP contribution in [0.4, 0.5) is 5.69 Å². The number of pyridine rings is 1. The van der Waals surface area contributed by atoms with Gasteiger partial charge < -0.3 is 10.6 Å². The van der Waals surface area contributed by atoms with E-state index in [0.717, 1.165) is 5.56 Å². The number of aromatic nitrogens is 1. The van der Waals surface area contributed by atoms with Crippen LogP contribution in [-0.2, 0) is 6.54 Å². The number of carbonyl (C=O) groups excluding carboxylic acids is 1. The molecular weight excluding hydrogens is 250 g/mol. The molecule has 0 fully saturated rings. The van der Waals surface area contributed by atoms with Gasteiger partial charge in [0.2, 0.25) is 0 Å². The second-order valence-electron chi connectivity index (χ2n) is 5.01. The molecule has 0 unspecified atom stereocenters. The van der Waals surface area contributed by atoms with Crippen LogP contribution in [0, 0.1) is 0 Å². The third kappa shape index (κ3) is 3.35. The van der Waals surface area contributed by atoms with E-state index in [1.807, 2.05) is 30.9 Å². The van der Waals surface area contributed by atoms with Gasteiger partial charge in [0.25, 0.3) is 5.91 Å². The quantitative estimate of drug-likeness (QED) is 0.868. The molecule has 4 heteroatoms. The summed E-state index contributed by atoms with van der Waals surface area (Å²) in [5, 5.41) is 0. The highest BCUT2D eigenvalue weighted by molar-refractivity contribution is 5.94. The third-order valence-corrected chi connectivity index (χ3v) is 3.12. The molecule has 0 aliphatic heterocycles. The highest BCUT2D eigenvalue weighted by atomic mass is 16.2. The Labute approximate surface area is 119 Å². The molecule has 1 aromatic carbocycles. The lowest BCUT2D eigenvalue weighted by atomic mass is 10.1. The van der Waals surface area contributed by atoms with Gasteiger partial charge in [-0.3, -0.25) is 9.78 Å². The molecule has 0 bridgehead atoms. The zero-order chi connectivity index (χ0) is 14.5. The van der Waals surface area contributed by atoms with Crippen LogP contribution in [-0.4, -0.2) is 21.8 Å². The number of hydrogen-bond donors (Lipinski definition) is 1. The molecule has 104 valence electrons. The van der Waals surface area contributed by atoms with Gasteiger partial charge in [-0.15, -0.1) is 0 Å². The highest BCUT2D eigenvalue weighted by Gasteiger charge is 2.18. The Balaban J connectivity index is 2.20. The Morgan fingerprint density at radius 2 is 1.95 bits per heavy atom. The number of rotatable bonds is 4. The predicted molar refractivity (Wildman–Crippen MR) is 80.1 cm³/mol. The fraction of sp³-hybridized carbons (Fsp3) is 0.250. The van der Waals surface area contributed by atoms with Crippen LogP contribution in [0.1, 0.15) is 29.8 Å². The summed E-state index contributed by atoms with van der Waals surface area (Å²) in [6, 6.07) is 11.0. The molecule has 0 spiro atoms. The van der Waals surface area contributed by atoms with Gasteiger partial charge in [-0.25, -0.2) is 0 Å². The molecule has 0 saturated heterocycles. The van der Waals surface area contributed by atoms with Crippen molar-refractivity contribution in [3.63, 3.8) is 0 Å². The molecule has 1 amide bonds. The van der Waals surface area contributed by atoms with Crippen molar-refractivity contribution < 1.29 is 4.79 Å². The van der Waals surface area contributed by atoms with Gasteiger partial charge in [0.15, 0.2) is 0 Å². The molecule has 2 rings (SSSR count). The number of nitrogen functional groups attached to an aromatic ring is 1. The van der Waals surface area contributed by atoms with Crippen molar-refractivity contribution in [1.82, 2.24) is 9.88 Å². The number of nitrogens with two attached hydrogens (primary N) is 1. The van der Waals surface area contributed by atoms with Crippen LogP contribution < -0.4 is 5.73 Å². The smallest absolute Gasteiger partial charge is 0.254 e. The van der Waals surface area contributed by atoms with E-state index in [4.69, 9.17) is 5.73 Å². The van der Waals surface area contributed by atoms with E-state index in [-0.39, 0.29) is 11.9 Å². The van der Waals surface area contributed by atoms with E-state index < -0.39 is 0 Å². The van der Waals surface area contributed by atoms with Crippen molar-refractivity contribution >= 4 is 11.6 Å². The summed E-state index contributed by atoms with van der Waals surface area (Å²) in [7, 11) is 0. The summed E-state index contributed by atoms with van der Waals surface area (Å²) in [5.41, 5.74) is 7.98. The molecule has 2 N–H and O–H groups in total. The van der Waals surface area contributed by atoms with Crippen LogP contribution in [0.2, 0.25) is 0 Å². The molecule has 2 aromatic rings. The van der Waals surface area contributed by atoms with Crippen molar-refractivity contribution in [2.45, 2.75) is 26.4 Å². The summed E-state index contributed by atoms with van der Waals surface area (Å²) < 4.78 is 0. The van der Waals surface area contributed by atoms with Crippen molar-refractivity contribution in [1.29, 1.82) is 0 Å².